The van der Waals surface area contributed by atoms with Crippen molar-refractivity contribution in [1.82, 2.24) is 9.88 Å². The van der Waals surface area contributed by atoms with E-state index in [0.717, 1.165) is 56.0 Å². The van der Waals surface area contributed by atoms with E-state index in [2.05, 4.69) is 29.1 Å². The van der Waals surface area contributed by atoms with E-state index >= 15 is 0 Å². The van der Waals surface area contributed by atoms with Gasteiger partial charge in [-0.2, -0.15) is 5.10 Å². The Kier molecular flexibility index (Phi) is 8.98. The van der Waals surface area contributed by atoms with Crippen molar-refractivity contribution in [2.45, 2.75) is 78.5 Å². The first kappa shape index (κ1) is 30.2. The average molecular weight is 599 g/mol. The number of hydrogen-bond donors (Lipinski definition) is 1. The van der Waals surface area contributed by atoms with E-state index in [1.165, 1.54) is 34.9 Å². The number of carbonyl (C=O) groups is 1. The van der Waals surface area contributed by atoms with Gasteiger partial charge in [-0.1, -0.05) is 30.3 Å². The van der Waals surface area contributed by atoms with Crippen LogP contribution in [0.5, 0.6) is 5.75 Å². The fourth-order valence-corrected chi connectivity index (χ4v) is 6.52. The van der Waals surface area contributed by atoms with E-state index in [1.807, 2.05) is 57.2 Å². The number of pyridine rings is 1. The molecule has 0 aliphatic carbocycles. The first-order valence-corrected chi connectivity index (χ1v) is 15.6. The van der Waals surface area contributed by atoms with Crippen LogP contribution in [0.15, 0.2) is 53.6 Å². The van der Waals surface area contributed by atoms with Crippen molar-refractivity contribution in [3.8, 4) is 17.0 Å². The Labute approximate surface area is 259 Å². The summed E-state index contributed by atoms with van der Waals surface area (Å²) in [5.41, 5.74) is 7.96. The van der Waals surface area contributed by atoms with E-state index in [-0.39, 0.29) is 6.10 Å². The molecule has 2 aromatic carbocycles. The largest absolute Gasteiger partial charge is 0.488 e. The van der Waals surface area contributed by atoms with Crippen molar-refractivity contribution in [2.75, 3.05) is 24.8 Å². The van der Waals surface area contributed by atoms with Gasteiger partial charge in [-0.05, 0) is 93.0 Å². The summed E-state index contributed by atoms with van der Waals surface area (Å²) in [6.07, 6.45) is 3.86. The molecule has 44 heavy (non-hydrogen) atoms. The molecule has 0 bridgehead atoms. The molecule has 3 atom stereocenters. The zero-order valence-electron chi connectivity index (χ0n) is 26.0. The smallest absolute Gasteiger partial charge is 0.316 e. The summed E-state index contributed by atoms with van der Waals surface area (Å²) in [7, 11) is 0. The Morgan fingerprint density at radius 3 is 2.75 bits per heavy atom. The van der Waals surface area contributed by atoms with Gasteiger partial charge in [0, 0.05) is 37.5 Å². The maximum absolute atomic E-state index is 11.9. The van der Waals surface area contributed by atoms with Crippen LogP contribution in [0.4, 0.5) is 5.82 Å². The molecular weight excluding hydrogens is 556 g/mol. The van der Waals surface area contributed by atoms with Gasteiger partial charge >= 0.3 is 5.97 Å². The zero-order chi connectivity index (χ0) is 30.8. The van der Waals surface area contributed by atoms with E-state index in [4.69, 9.17) is 19.2 Å². The Hall–Kier alpha value is -3.79. The topological polar surface area (TPSA) is 96.7 Å². The maximum Gasteiger partial charge on any atom is 0.316 e. The minimum Gasteiger partial charge on any atom is -0.488 e. The van der Waals surface area contributed by atoms with Crippen molar-refractivity contribution in [3.63, 3.8) is 0 Å². The third-order valence-corrected chi connectivity index (χ3v) is 8.91. The number of aryl methyl sites for hydroxylation is 1. The third-order valence-electron chi connectivity index (χ3n) is 8.91. The summed E-state index contributed by atoms with van der Waals surface area (Å²) >= 11 is 0. The van der Waals surface area contributed by atoms with Gasteiger partial charge in [-0.25, -0.2) is 9.99 Å². The van der Waals surface area contributed by atoms with Crippen LogP contribution in [0.3, 0.4) is 0 Å². The lowest BCUT2D eigenvalue weighted by Crippen LogP contribution is -2.44. The van der Waals surface area contributed by atoms with E-state index in [1.54, 1.807) is 5.01 Å². The second-order valence-corrected chi connectivity index (χ2v) is 12.2. The molecule has 232 valence electrons. The highest BCUT2D eigenvalue weighted by Gasteiger charge is 2.39. The van der Waals surface area contributed by atoms with Gasteiger partial charge in [-0.3, -0.25) is 9.69 Å². The van der Waals surface area contributed by atoms with Gasteiger partial charge in [0.1, 0.15) is 18.3 Å². The minimum absolute atomic E-state index is 0.177. The number of anilines is 1. The summed E-state index contributed by atoms with van der Waals surface area (Å²) in [5.74, 6) is -0.577. The number of fused-ring (bicyclic) bond motifs is 1. The van der Waals surface area contributed by atoms with Crippen LogP contribution in [0.1, 0.15) is 54.5 Å². The van der Waals surface area contributed by atoms with Gasteiger partial charge in [0.15, 0.2) is 12.0 Å². The number of hydrazone groups is 1. The molecule has 9 heteroatoms. The molecule has 0 saturated carbocycles. The molecule has 2 unspecified atom stereocenters. The number of hydrogen-bond acceptors (Lipinski definition) is 8. The molecule has 0 amide bonds. The normalized spacial score (nSPS) is 21.9. The number of aromatic nitrogens is 1. The zero-order valence-corrected chi connectivity index (χ0v) is 26.0. The summed E-state index contributed by atoms with van der Waals surface area (Å²) in [4.78, 5) is 19.4. The Morgan fingerprint density at radius 1 is 1.14 bits per heavy atom. The van der Waals surface area contributed by atoms with Gasteiger partial charge in [0.25, 0.3) is 0 Å². The molecule has 0 spiro atoms. The highest BCUT2D eigenvalue weighted by atomic mass is 16.5. The van der Waals surface area contributed by atoms with E-state index in [9.17, 15) is 9.90 Å². The lowest BCUT2D eigenvalue weighted by molar-refractivity contribution is -0.144. The molecule has 6 rings (SSSR count). The van der Waals surface area contributed by atoms with Gasteiger partial charge < -0.3 is 19.3 Å². The molecule has 3 aliphatic rings. The van der Waals surface area contributed by atoms with Crippen LogP contribution < -0.4 is 9.75 Å². The molecule has 3 aliphatic heterocycles. The lowest BCUT2D eigenvalue weighted by Gasteiger charge is -2.38. The second kappa shape index (κ2) is 13.1. The van der Waals surface area contributed by atoms with Crippen molar-refractivity contribution >= 4 is 18.0 Å². The molecular formula is C35H42N4O5. The Balaban J connectivity index is 1.21. The minimum atomic E-state index is -0.985. The molecule has 9 nitrogen and oxygen atoms in total. The number of nitrogens with zero attached hydrogens (tertiary/aromatic N) is 4. The Bertz CT molecular complexity index is 1530. The molecule has 1 fully saturated rings. The standard InChI is InChI=1S/C35H42N4O5/c1-22(2)44-34-30(35(40)41)18-36-39(34)32-12-6-11-31(37-32)29-10-5-8-23(3)33(29)43-20-26-14-13-25-19-38(16-15-28(25)24(26)4)27-9-7-17-42-21-27/h5-6,8,10-14,18,22,27,30,34H,7,9,15-17,19-21H2,1-4H3,(H,40,41)/t27-,30?,34?/m0/s1. The second-order valence-electron chi connectivity index (χ2n) is 12.2. The predicted octanol–water partition coefficient (Wildman–Crippen LogP) is 5.74. The molecule has 1 N–H and O–H groups in total. The van der Waals surface area contributed by atoms with Crippen LogP contribution in [-0.2, 0) is 33.8 Å². The predicted molar refractivity (Wildman–Crippen MR) is 170 cm³/mol. The summed E-state index contributed by atoms with van der Waals surface area (Å²) < 4.78 is 18.3. The first-order chi connectivity index (χ1) is 21.3. The monoisotopic (exact) mass is 598 g/mol. The number of aliphatic carboxylic acids is 1. The maximum atomic E-state index is 11.9. The summed E-state index contributed by atoms with van der Waals surface area (Å²) in [6, 6.07) is 16.7. The van der Waals surface area contributed by atoms with E-state index in [0.29, 0.717) is 24.2 Å². The SMILES string of the molecule is Cc1cccc(-c2cccc(N3N=CC(C(=O)O)C3OC(C)C)n2)c1OCc1ccc2c(c1C)CCN([C@H]1CCCOC1)C2. The van der Waals surface area contributed by atoms with Crippen LogP contribution in [0.2, 0.25) is 0 Å². The molecule has 1 aromatic heterocycles. The third kappa shape index (κ3) is 6.22. The fourth-order valence-electron chi connectivity index (χ4n) is 6.52. The highest BCUT2D eigenvalue weighted by Crippen LogP contribution is 2.36. The van der Waals surface area contributed by atoms with Gasteiger partial charge in [0.05, 0.1) is 18.4 Å². The number of carboxylic acids is 1. The summed E-state index contributed by atoms with van der Waals surface area (Å²) in [6.45, 7) is 12.2. The van der Waals surface area contributed by atoms with Crippen molar-refractivity contribution in [1.29, 1.82) is 0 Å². The quantitative estimate of drug-likeness (QED) is 0.333. The number of rotatable bonds is 9. The van der Waals surface area contributed by atoms with Gasteiger partial charge in [-0.15, -0.1) is 0 Å². The lowest BCUT2D eigenvalue weighted by atomic mass is 9.91. The van der Waals surface area contributed by atoms with Crippen molar-refractivity contribution < 1.29 is 24.1 Å². The molecule has 4 heterocycles. The van der Waals surface area contributed by atoms with E-state index < -0.39 is 18.1 Å². The van der Waals surface area contributed by atoms with Crippen LogP contribution in [0, 0.1) is 19.8 Å². The summed E-state index contributed by atoms with van der Waals surface area (Å²) in [5, 5.41) is 15.6. The number of benzene rings is 2. The number of para-hydroxylation sites is 1. The molecule has 3 aromatic rings. The Morgan fingerprint density at radius 2 is 1.98 bits per heavy atom. The highest BCUT2D eigenvalue weighted by molar-refractivity contribution is 5.92. The fraction of sp³-hybridized carbons (Fsp3) is 0.457. The van der Waals surface area contributed by atoms with Gasteiger partial charge in [0.2, 0.25) is 0 Å². The van der Waals surface area contributed by atoms with Crippen LogP contribution in [0.25, 0.3) is 11.3 Å². The average Bonchev–Trinajstić information content (AvgIpc) is 3.44. The molecule has 0 radical (unpaired) electrons. The first-order valence-electron chi connectivity index (χ1n) is 15.6. The van der Waals surface area contributed by atoms with Crippen molar-refractivity contribution in [2.24, 2.45) is 11.0 Å². The van der Waals surface area contributed by atoms with Crippen LogP contribution in [-0.4, -0.2) is 65.3 Å². The van der Waals surface area contributed by atoms with Crippen LogP contribution >= 0.6 is 0 Å². The molecule has 1 saturated heterocycles. The number of ether oxygens (including phenoxy) is 3. The number of carboxylic acid groups (broad SMARTS) is 1. The van der Waals surface area contributed by atoms with Crippen molar-refractivity contribution in [3.05, 3.63) is 76.3 Å².